The monoisotopic (exact) mass is 286 g/mol. The van der Waals surface area contributed by atoms with Crippen molar-refractivity contribution >= 4 is 12.0 Å². The number of amides is 2. The van der Waals surface area contributed by atoms with Gasteiger partial charge in [0.1, 0.15) is 0 Å². The first kappa shape index (κ1) is 16.8. The molecule has 0 radical (unpaired) electrons. The number of carboxylic acid groups (broad SMARTS) is 1. The number of urea groups is 1. The molecular weight excluding hydrogens is 260 g/mol. The summed E-state index contributed by atoms with van der Waals surface area (Å²) in [6, 6.07) is -0.307. The van der Waals surface area contributed by atoms with E-state index in [1.54, 1.807) is 0 Å². The number of carbonyl (C=O) groups is 2. The van der Waals surface area contributed by atoms with Crippen LogP contribution in [0.2, 0.25) is 0 Å². The minimum atomic E-state index is -0.879. The third-order valence-corrected chi connectivity index (χ3v) is 3.88. The van der Waals surface area contributed by atoms with E-state index in [4.69, 9.17) is 9.84 Å². The van der Waals surface area contributed by atoms with Crippen LogP contribution >= 0.6 is 0 Å². The Balaban J connectivity index is 2.28. The first-order valence-electron chi connectivity index (χ1n) is 7.31. The summed E-state index contributed by atoms with van der Waals surface area (Å²) in [5.74, 6) is -1.10. The molecule has 1 heterocycles. The number of aliphatic carboxylic acids is 1. The zero-order valence-corrected chi connectivity index (χ0v) is 12.5. The van der Waals surface area contributed by atoms with Crippen molar-refractivity contribution in [3.8, 4) is 0 Å². The number of hydrogen-bond acceptors (Lipinski definition) is 3. The third-order valence-electron chi connectivity index (χ3n) is 3.88. The SMILES string of the molecule is CCC1OCCC1CNC(=O)NCC(C(=O)O)C(C)C. The molecule has 6 heteroatoms. The molecule has 3 unspecified atom stereocenters. The van der Waals surface area contributed by atoms with E-state index in [0.29, 0.717) is 12.5 Å². The van der Waals surface area contributed by atoms with Crippen LogP contribution in [0.4, 0.5) is 4.79 Å². The van der Waals surface area contributed by atoms with E-state index in [-0.39, 0.29) is 24.6 Å². The summed E-state index contributed by atoms with van der Waals surface area (Å²) in [7, 11) is 0. The molecule has 1 aliphatic rings. The molecule has 116 valence electrons. The molecule has 1 rings (SSSR count). The second kappa shape index (κ2) is 8.09. The molecule has 3 N–H and O–H groups in total. The van der Waals surface area contributed by atoms with Crippen molar-refractivity contribution in [1.29, 1.82) is 0 Å². The van der Waals surface area contributed by atoms with Crippen molar-refractivity contribution in [2.24, 2.45) is 17.8 Å². The molecule has 1 aliphatic heterocycles. The highest BCUT2D eigenvalue weighted by atomic mass is 16.5. The zero-order chi connectivity index (χ0) is 15.1. The van der Waals surface area contributed by atoms with Crippen LogP contribution < -0.4 is 10.6 Å². The quantitative estimate of drug-likeness (QED) is 0.661. The molecule has 2 amide bonds. The molecule has 6 nitrogen and oxygen atoms in total. The number of ether oxygens (including phenoxy) is 1. The fourth-order valence-corrected chi connectivity index (χ4v) is 2.47. The number of nitrogens with one attached hydrogen (secondary N) is 2. The fraction of sp³-hybridized carbons (Fsp3) is 0.857. The van der Waals surface area contributed by atoms with Gasteiger partial charge in [0, 0.05) is 25.6 Å². The van der Waals surface area contributed by atoms with Crippen molar-refractivity contribution < 1.29 is 19.4 Å². The van der Waals surface area contributed by atoms with Gasteiger partial charge in [-0.25, -0.2) is 4.79 Å². The maximum Gasteiger partial charge on any atom is 0.314 e. The lowest BCUT2D eigenvalue weighted by atomic mass is 9.96. The molecule has 0 aliphatic carbocycles. The third kappa shape index (κ3) is 5.00. The Hall–Kier alpha value is -1.30. The molecule has 0 aromatic heterocycles. The molecule has 0 aromatic carbocycles. The fourth-order valence-electron chi connectivity index (χ4n) is 2.47. The van der Waals surface area contributed by atoms with Gasteiger partial charge < -0.3 is 20.5 Å². The normalized spacial score (nSPS) is 23.6. The van der Waals surface area contributed by atoms with Gasteiger partial charge in [0.2, 0.25) is 0 Å². The largest absolute Gasteiger partial charge is 0.481 e. The van der Waals surface area contributed by atoms with E-state index in [0.717, 1.165) is 19.4 Å². The average molecular weight is 286 g/mol. The number of carboxylic acids is 1. The van der Waals surface area contributed by atoms with Crippen LogP contribution in [0.5, 0.6) is 0 Å². The predicted molar refractivity (Wildman–Crippen MR) is 75.5 cm³/mol. The van der Waals surface area contributed by atoms with Gasteiger partial charge in [-0.2, -0.15) is 0 Å². The summed E-state index contributed by atoms with van der Waals surface area (Å²) in [6.07, 6.45) is 2.13. The lowest BCUT2D eigenvalue weighted by Gasteiger charge is -2.19. The van der Waals surface area contributed by atoms with Gasteiger partial charge in [0.05, 0.1) is 12.0 Å². The molecule has 1 fully saturated rings. The summed E-state index contributed by atoms with van der Waals surface area (Å²) in [5.41, 5.74) is 0. The van der Waals surface area contributed by atoms with Gasteiger partial charge in [0.25, 0.3) is 0 Å². The Kier molecular flexibility index (Phi) is 6.78. The number of carbonyl (C=O) groups excluding carboxylic acids is 1. The van der Waals surface area contributed by atoms with Gasteiger partial charge in [0.15, 0.2) is 0 Å². The molecular formula is C14H26N2O4. The van der Waals surface area contributed by atoms with E-state index in [2.05, 4.69) is 17.6 Å². The molecule has 0 bridgehead atoms. The minimum absolute atomic E-state index is 0.0134. The predicted octanol–water partition coefficient (Wildman–Crippen LogP) is 1.46. The Morgan fingerprint density at radius 1 is 1.35 bits per heavy atom. The standard InChI is InChI=1S/C14H26N2O4/c1-4-12-10(5-6-20-12)7-15-14(19)16-8-11(9(2)3)13(17)18/h9-12H,4-8H2,1-3H3,(H,17,18)(H2,15,16,19). The summed E-state index contributed by atoms with van der Waals surface area (Å²) >= 11 is 0. The maximum atomic E-state index is 11.7. The number of hydrogen-bond donors (Lipinski definition) is 3. The van der Waals surface area contributed by atoms with Crippen LogP contribution in [0.3, 0.4) is 0 Å². The molecule has 20 heavy (non-hydrogen) atoms. The Bertz CT molecular complexity index is 333. The Morgan fingerprint density at radius 2 is 2.05 bits per heavy atom. The lowest BCUT2D eigenvalue weighted by Crippen LogP contribution is -2.43. The highest BCUT2D eigenvalue weighted by molar-refractivity contribution is 5.75. The van der Waals surface area contributed by atoms with Crippen LogP contribution in [0, 0.1) is 17.8 Å². The Morgan fingerprint density at radius 3 is 2.60 bits per heavy atom. The zero-order valence-electron chi connectivity index (χ0n) is 12.5. The topological polar surface area (TPSA) is 87.7 Å². The van der Waals surface area contributed by atoms with Crippen molar-refractivity contribution in [3.05, 3.63) is 0 Å². The number of rotatable bonds is 7. The van der Waals surface area contributed by atoms with E-state index in [1.807, 2.05) is 13.8 Å². The van der Waals surface area contributed by atoms with Gasteiger partial charge in [-0.3, -0.25) is 4.79 Å². The van der Waals surface area contributed by atoms with E-state index in [9.17, 15) is 9.59 Å². The van der Waals surface area contributed by atoms with Gasteiger partial charge in [-0.15, -0.1) is 0 Å². The summed E-state index contributed by atoms with van der Waals surface area (Å²) in [4.78, 5) is 22.7. The summed E-state index contributed by atoms with van der Waals surface area (Å²) in [6.45, 7) is 7.21. The molecule has 1 saturated heterocycles. The van der Waals surface area contributed by atoms with E-state index in [1.165, 1.54) is 0 Å². The first-order chi connectivity index (χ1) is 9.45. The Labute approximate surface area is 120 Å². The smallest absolute Gasteiger partial charge is 0.314 e. The highest BCUT2D eigenvalue weighted by Gasteiger charge is 2.27. The van der Waals surface area contributed by atoms with Crippen LogP contribution in [0.15, 0.2) is 0 Å². The van der Waals surface area contributed by atoms with Crippen molar-refractivity contribution in [1.82, 2.24) is 10.6 Å². The molecule has 3 atom stereocenters. The molecule has 0 aromatic rings. The van der Waals surface area contributed by atoms with E-state index >= 15 is 0 Å². The first-order valence-corrected chi connectivity index (χ1v) is 7.31. The molecule has 0 saturated carbocycles. The summed E-state index contributed by atoms with van der Waals surface area (Å²) in [5, 5.41) is 14.5. The minimum Gasteiger partial charge on any atom is -0.481 e. The highest BCUT2D eigenvalue weighted by Crippen LogP contribution is 2.22. The second-order valence-corrected chi connectivity index (χ2v) is 5.65. The lowest BCUT2D eigenvalue weighted by molar-refractivity contribution is -0.142. The van der Waals surface area contributed by atoms with Crippen LogP contribution in [-0.4, -0.2) is 42.9 Å². The maximum absolute atomic E-state index is 11.7. The van der Waals surface area contributed by atoms with Crippen molar-refractivity contribution in [2.75, 3.05) is 19.7 Å². The average Bonchev–Trinajstić information content (AvgIpc) is 2.83. The van der Waals surface area contributed by atoms with Gasteiger partial charge in [-0.1, -0.05) is 20.8 Å². The molecule has 0 spiro atoms. The van der Waals surface area contributed by atoms with E-state index < -0.39 is 11.9 Å². The van der Waals surface area contributed by atoms with Gasteiger partial charge >= 0.3 is 12.0 Å². The van der Waals surface area contributed by atoms with Gasteiger partial charge in [-0.05, 0) is 18.8 Å². The van der Waals surface area contributed by atoms with Crippen LogP contribution in [0.1, 0.15) is 33.6 Å². The summed E-state index contributed by atoms with van der Waals surface area (Å²) < 4.78 is 5.56. The van der Waals surface area contributed by atoms with Crippen molar-refractivity contribution in [2.45, 2.75) is 39.7 Å². The van der Waals surface area contributed by atoms with Crippen LogP contribution in [-0.2, 0) is 9.53 Å². The second-order valence-electron chi connectivity index (χ2n) is 5.65. The van der Waals surface area contributed by atoms with Crippen molar-refractivity contribution in [3.63, 3.8) is 0 Å². The van der Waals surface area contributed by atoms with Crippen LogP contribution in [0.25, 0.3) is 0 Å².